The van der Waals surface area contributed by atoms with Crippen LogP contribution >= 0.6 is 0 Å². The normalized spacial score (nSPS) is 24.7. The van der Waals surface area contributed by atoms with E-state index in [1.807, 2.05) is 12.1 Å². The van der Waals surface area contributed by atoms with E-state index in [-0.39, 0.29) is 18.8 Å². The van der Waals surface area contributed by atoms with Gasteiger partial charge in [0.2, 0.25) is 0 Å². The van der Waals surface area contributed by atoms with E-state index in [1.165, 1.54) is 11.1 Å². The van der Waals surface area contributed by atoms with Gasteiger partial charge in [0, 0.05) is 12.6 Å². The predicted molar refractivity (Wildman–Crippen MR) is 106 cm³/mol. The average Bonchev–Trinajstić information content (AvgIpc) is 2.73. The van der Waals surface area contributed by atoms with Gasteiger partial charge in [-0.05, 0) is 67.9 Å². The van der Waals surface area contributed by atoms with Gasteiger partial charge in [-0.1, -0.05) is 30.3 Å². The minimum atomic E-state index is 0.146. The van der Waals surface area contributed by atoms with Gasteiger partial charge in [-0.3, -0.25) is 0 Å². The first-order valence-electron chi connectivity index (χ1n) is 10.2. The summed E-state index contributed by atoms with van der Waals surface area (Å²) in [5, 5.41) is 12.3. The smallest absolute Gasteiger partial charge is 0.124 e. The lowest BCUT2D eigenvalue weighted by Gasteiger charge is -2.30. The van der Waals surface area contributed by atoms with E-state index in [2.05, 4.69) is 41.7 Å². The van der Waals surface area contributed by atoms with E-state index in [1.54, 1.807) is 0 Å². The van der Waals surface area contributed by atoms with Crippen molar-refractivity contribution in [3.05, 3.63) is 59.7 Å². The SMILES string of the molecule is OCCNC1CCC(Oc2ccc3c(c2)CCC(c2ccccc2)O3)CC1. The molecule has 0 amide bonds. The van der Waals surface area contributed by atoms with Gasteiger partial charge in [-0.15, -0.1) is 0 Å². The molecule has 4 rings (SSSR count). The molecule has 1 unspecified atom stereocenters. The largest absolute Gasteiger partial charge is 0.490 e. The number of nitrogens with one attached hydrogen (secondary N) is 1. The number of aliphatic hydroxyl groups excluding tert-OH is 1. The van der Waals surface area contributed by atoms with E-state index >= 15 is 0 Å². The Kier molecular flexibility index (Phi) is 5.95. The highest BCUT2D eigenvalue weighted by Crippen LogP contribution is 2.37. The molecule has 1 heterocycles. The molecular weight excluding hydrogens is 338 g/mol. The summed E-state index contributed by atoms with van der Waals surface area (Å²) in [6.07, 6.45) is 6.80. The number of ether oxygens (including phenoxy) is 2. The number of rotatable bonds is 6. The Balaban J connectivity index is 1.33. The van der Waals surface area contributed by atoms with Crippen LogP contribution in [0.1, 0.15) is 49.3 Å². The highest BCUT2D eigenvalue weighted by Gasteiger charge is 2.24. The minimum absolute atomic E-state index is 0.146. The van der Waals surface area contributed by atoms with Gasteiger partial charge in [-0.25, -0.2) is 0 Å². The summed E-state index contributed by atoms with van der Waals surface area (Å²) >= 11 is 0. The van der Waals surface area contributed by atoms with E-state index in [0.717, 1.165) is 50.0 Å². The second-order valence-corrected chi connectivity index (χ2v) is 7.59. The number of hydrogen-bond acceptors (Lipinski definition) is 4. The maximum atomic E-state index is 8.92. The van der Waals surface area contributed by atoms with E-state index in [0.29, 0.717) is 12.6 Å². The van der Waals surface area contributed by atoms with Gasteiger partial charge in [-0.2, -0.15) is 0 Å². The zero-order valence-electron chi connectivity index (χ0n) is 15.8. The molecule has 2 N–H and O–H groups in total. The Morgan fingerprint density at radius 3 is 2.59 bits per heavy atom. The fraction of sp³-hybridized carbons (Fsp3) is 0.478. The van der Waals surface area contributed by atoms with Crippen LogP contribution < -0.4 is 14.8 Å². The maximum absolute atomic E-state index is 8.92. The third kappa shape index (κ3) is 4.63. The summed E-state index contributed by atoms with van der Waals surface area (Å²) in [5.74, 6) is 1.95. The molecule has 1 atom stereocenters. The van der Waals surface area contributed by atoms with E-state index < -0.39 is 0 Å². The number of aryl methyl sites for hydroxylation is 1. The lowest BCUT2D eigenvalue weighted by molar-refractivity contribution is 0.136. The van der Waals surface area contributed by atoms with Crippen LogP contribution in [0.2, 0.25) is 0 Å². The number of hydrogen-bond donors (Lipinski definition) is 2. The molecule has 1 fully saturated rings. The number of aliphatic hydroxyl groups is 1. The summed E-state index contributed by atoms with van der Waals surface area (Å²) in [4.78, 5) is 0. The summed E-state index contributed by atoms with van der Waals surface area (Å²) in [6.45, 7) is 0.893. The van der Waals surface area contributed by atoms with Crippen LogP contribution in [0.4, 0.5) is 0 Å². The molecule has 1 saturated carbocycles. The first kappa shape index (κ1) is 18.3. The molecule has 2 aromatic rings. The van der Waals surface area contributed by atoms with Crippen molar-refractivity contribution in [2.75, 3.05) is 13.2 Å². The van der Waals surface area contributed by atoms with Crippen molar-refractivity contribution in [3.63, 3.8) is 0 Å². The molecule has 2 aromatic carbocycles. The first-order chi connectivity index (χ1) is 13.3. The van der Waals surface area contributed by atoms with E-state index in [4.69, 9.17) is 14.6 Å². The second-order valence-electron chi connectivity index (χ2n) is 7.59. The van der Waals surface area contributed by atoms with Gasteiger partial charge < -0.3 is 19.9 Å². The van der Waals surface area contributed by atoms with Crippen LogP contribution in [-0.4, -0.2) is 30.4 Å². The highest BCUT2D eigenvalue weighted by atomic mass is 16.5. The molecular formula is C23H29NO3. The summed E-state index contributed by atoms with van der Waals surface area (Å²) in [7, 11) is 0. The summed E-state index contributed by atoms with van der Waals surface area (Å²) in [6, 6.07) is 17.2. The molecule has 0 bridgehead atoms. The van der Waals surface area contributed by atoms with Gasteiger partial charge in [0.15, 0.2) is 0 Å². The minimum Gasteiger partial charge on any atom is -0.490 e. The molecule has 1 aliphatic heterocycles. The van der Waals surface area contributed by atoms with E-state index in [9.17, 15) is 0 Å². The fourth-order valence-corrected chi connectivity index (χ4v) is 4.19. The van der Waals surface area contributed by atoms with Crippen molar-refractivity contribution in [2.24, 2.45) is 0 Å². The Labute approximate surface area is 161 Å². The van der Waals surface area contributed by atoms with Crippen molar-refractivity contribution in [1.29, 1.82) is 0 Å². The zero-order chi connectivity index (χ0) is 18.5. The van der Waals surface area contributed by atoms with Crippen LogP contribution in [0.25, 0.3) is 0 Å². The molecule has 2 aliphatic rings. The Morgan fingerprint density at radius 1 is 1.00 bits per heavy atom. The third-order valence-electron chi connectivity index (χ3n) is 5.67. The van der Waals surface area contributed by atoms with Crippen LogP contribution in [0.15, 0.2) is 48.5 Å². The molecule has 0 spiro atoms. The molecule has 0 aromatic heterocycles. The third-order valence-corrected chi connectivity index (χ3v) is 5.67. The van der Waals surface area contributed by atoms with Gasteiger partial charge in [0.1, 0.15) is 17.6 Å². The first-order valence-corrected chi connectivity index (χ1v) is 10.2. The highest BCUT2D eigenvalue weighted by molar-refractivity contribution is 5.42. The van der Waals surface area contributed by atoms with Crippen molar-refractivity contribution in [2.45, 2.75) is 56.8 Å². The fourth-order valence-electron chi connectivity index (χ4n) is 4.19. The van der Waals surface area contributed by atoms with Gasteiger partial charge in [0.05, 0.1) is 12.7 Å². The quantitative estimate of drug-likeness (QED) is 0.809. The van der Waals surface area contributed by atoms with Crippen molar-refractivity contribution < 1.29 is 14.6 Å². The number of fused-ring (bicyclic) bond motifs is 1. The Hall–Kier alpha value is -2.04. The molecule has 1 aliphatic carbocycles. The summed E-state index contributed by atoms with van der Waals surface area (Å²) < 4.78 is 12.5. The average molecular weight is 367 g/mol. The maximum Gasteiger partial charge on any atom is 0.124 e. The molecule has 27 heavy (non-hydrogen) atoms. The van der Waals surface area contributed by atoms with Crippen LogP contribution in [0.3, 0.4) is 0 Å². The second kappa shape index (κ2) is 8.77. The topological polar surface area (TPSA) is 50.7 Å². The molecule has 144 valence electrons. The summed E-state index contributed by atoms with van der Waals surface area (Å²) in [5.41, 5.74) is 2.49. The van der Waals surface area contributed by atoms with Crippen molar-refractivity contribution >= 4 is 0 Å². The predicted octanol–water partition coefficient (Wildman–Crippen LogP) is 4.02. The Bertz CT molecular complexity index is 726. The molecule has 4 heteroatoms. The molecule has 0 radical (unpaired) electrons. The van der Waals surface area contributed by atoms with Crippen molar-refractivity contribution in [1.82, 2.24) is 5.32 Å². The Morgan fingerprint density at radius 2 is 1.81 bits per heavy atom. The van der Waals surface area contributed by atoms with Crippen molar-refractivity contribution in [3.8, 4) is 11.5 Å². The lowest BCUT2D eigenvalue weighted by atomic mass is 9.93. The zero-order valence-corrected chi connectivity index (χ0v) is 15.8. The monoisotopic (exact) mass is 367 g/mol. The van der Waals surface area contributed by atoms with Gasteiger partial charge in [0.25, 0.3) is 0 Å². The number of benzene rings is 2. The standard InChI is InChI=1S/C23H29NO3/c25-15-14-24-19-7-9-20(10-8-19)26-21-11-13-23-18(16-21)6-12-22(27-23)17-4-2-1-3-5-17/h1-5,11,13,16,19-20,22,24-25H,6-10,12,14-15H2. The molecule has 4 nitrogen and oxygen atoms in total. The van der Waals surface area contributed by atoms with Crippen LogP contribution in [-0.2, 0) is 6.42 Å². The van der Waals surface area contributed by atoms with Crippen LogP contribution in [0, 0.1) is 0 Å². The van der Waals surface area contributed by atoms with Crippen LogP contribution in [0.5, 0.6) is 11.5 Å². The lowest BCUT2D eigenvalue weighted by Crippen LogP contribution is -2.37. The molecule has 0 saturated heterocycles. The van der Waals surface area contributed by atoms with Gasteiger partial charge >= 0.3 is 0 Å².